The normalized spacial score (nSPS) is 10.5. The van der Waals surface area contributed by atoms with E-state index in [2.05, 4.69) is 5.32 Å². The fourth-order valence-corrected chi connectivity index (χ4v) is 2.56. The molecule has 6 heteroatoms. The molecular weight excluding hydrogens is 308 g/mol. The van der Waals surface area contributed by atoms with Gasteiger partial charge >= 0.3 is 0 Å². The molecule has 2 aromatic carbocycles. The third-order valence-electron chi connectivity index (χ3n) is 2.91. The molecule has 0 aliphatic rings. The molecule has 1 amide bonds. The lowest BCUT2D eigenvalue weighted by Gasteiger charge is -2.06. The summed E-state index contributed by atoms with van der Waals surface area (Å²) < 4.78 is 25.8. The smallest absolute Gasteiger partial charge is 0.234 e. The number of carbonyl (C=O) groups excluding carboxylic acids is 1. The summed E-state index contributed by atoms with van der Waals surface area (Å²) in [5, 5.41) is 11.5. The third kappa shape index (κ3) is 4.82. The van der Waals surface area contributed by atoms with E-state index in [0.29, 0.717) is 5.75 Å². The molecule has 0 unspecified atom stereocenters. The van der Waals surface area contributed by atoms with Gasteiger partial charge in [0.25, 0.3) is 0 Å². The first-order valence-electron chi connectivity index (χ1n) is 6.60. The second-order valence-electron chi connectivity index (χ2n) is 4.64. The molecule has 116 valence electrons. The molecule has 3 nitrogen and oxygen atoms in total. The van der Waals surface area contributed by atoms with Crippen molar-refractivity contribution in [3.05, 3.63) is 65.2 Å². The van der Waals surface area contributed by atoms with Crippen LogP contribution in [0.1, 0.15) is 11.1 Å². The maximum Gasteiger partial charge on any atom is 0.234 e. The quantitative estimate of drug-likeness (QED) is 0.857. The highest BCUT2D eigenvalue weighted by atomic mass is 32.2. The van der Waals surface area contributed by atoms with Gasteiger partial charge in [0.1, 0.15) is 0 Å². The Bertz CT molecular complexity index is 647. The molecule has 22 heavy (non-hydrogen) atoms. The third-order valence-corrected chi connectivity index (χ3v) is 3.91. The first-order chi connectivity index (χ1) is 10.6. The van der Waals surface area contributed by atoms with Crippen molar-refractivity contribution in [1.82, 2.24) is 0 Å². The number of amides is 1. The fraction of sp³-hybridized carbons (Fsp3) is 0.188. The van der Waals surface area contributed by atoms with Crippen molar-refractivity contribution >= 4 is 23.4 Å². The summed E-state index contributed by atoms with van der Waals surface area (Å²) in [5.74, 6) is -1.35. The van der Waals surface area contributed by atoms with Gasteiger partial charge in [0, 0.05) is 17.5 Å². The zero-order chi connectivity index (χ0) is 15.9. The van der Waals surface area contributed by atoms with Gasteiger partial charge in [0.15, 0.2) is 11.6 Å². The summed E-state index contributed by atoms with van der Waals surface area (Å²) in [6.07, 6.45) is 0. The molecule has 0 saturated heterocycles. The Morgan fingerprint density at radius 2 is 1.73 bits per heavy atom. The zero-order valence-electron chi connectivity index (χ0n) is 11.7. The van der Waals surface area contributed by atoms with Gasteiger partial charge in [0.2, 0.25) is 5.91 Å². The van der Waals surface area contributed by atoms with Crippen molar-refractivity contribution in [3.63, 3.8) is 0 Å². The Kier molecular flexibility index (Phi) is 5.91. The Hall–Kier alpha value is -1.92. The van der Waals surface area contributed by atoms with E-state index in [9.17, 15) is 13.6 Å². The van der Waals surface area contributed by atoms with Crippen LogP contribution in [0, 0.1) is 11.6 Å². The van der Waals surface area contributed by atoms with Crippen molar-refractivity contribution in [1.29, 1.82) is 0 Å². The predicted octanol–water partition coefficient (Wildman–Crippen LogP) is 3.33. The first kappa shape index (κ1) is 16.5. The SMILES string of the molecule is O=C(CSCc1ccc(CO)cc1)Nc1ccc(F)c(F)c1. The van der Waals surface area contributed by atoms with E-state index in [4.69, 9.17) is 5.11 Å². The van der Waals surface area contributed by atoms with E-state index in [-0.39, 0.29) is 24.0 Å². The summed E-state index contributed by atoms with van der Waals surface area (Å²) in [7, 11) is 0. The summed E-state index contributed by atoms with van der Waals surface area (Å²) in [5.41, 5.74) is 2.12. The summed E-state index contributed by atoms with van der Waals surface area (Å²) in [4.78, 5) is 11.7. The van der Waals surface area contributed by atoms with E-state index in [1.165, 1.54) is 17.8 Å². The maximum atomic E-state index is 13.0. The van der Waals surface area contributed by atoms with Gasteiger partial charge in [0.05, 0.1) is 12.4 Å². The van der Waals surface area contributed by atoms with E-state index < -0.39 is 11.6 Å². The number of carbonyl (C=O) groups is 1. The second-order valence-corrected chi connectivity index (χ2v) is 5.63. The number of nitrogens with one attached hydrogen (secondary N) is 1. The van der Waals surface area contributed by atoms with Crippen LogP contribution in [0.3, 0.4) is 0 Å². The van der Waals surface area contributed by atoms with Gasteiger partial charge in [-0.05, 0) is 23.3 Å². The second kappa shape index (κ2) is 7.91. The molecule has 2 aromatic rings. The monoisotopic (exact) mass is 323 g/mol. The minimum Gasteiger partial charge on any atom is -0.392 e. The number of anilines is 1. The Morgan fingerprint density at radius 3 is 2.36 bits per heavy atom. The highest BCUT2D eigenvalue weighted by Gasteiger charge is 2.06. The van der Waals surface area contributed by atoms with Crippen LogP contribution in [0.15, 0.2) is 42.5 Å². The van der Waals surface area contributed by atoms with Crippen LogP contribution in [0.5, 0.6) is 0 Å². The first-order valence-corrected chi connectivity index (χ1v) is 7.75. The molecule has 0 bridgehead atoms. The van der Waals surface area contributed by atoms with Crippen molar-refractivity contribution in [2.24, 2.45) is 0 Å². The largest absolute Gasteiger partial charge is 0.392 e. The number of thioether (sulfide) groups is 1. The number of rotatable bonds is 6. The summed E-state index contributed by atoms with van der Waals surface area (Å²) >= 11 is 1.41. The van der Waals surface area contributed by atoms with Crippen molar-refractivity contribution in [3.8, 4) is 0 Å². The Labute approximate surface area is 131 Å². The number of hydrogen-bond donors (Lipinski definition) is 2. The number of halogens is 2. The molecule has 0 saturated carbocycles. The van der Waals surface area contributed by atoms with Crippen LogP contribution in [0.25, 0.3) is 0 Å². The van der Waals surface area contributed by atoms with Crippen molar-refractivity contribution in [2.45, 2.75) is 12.4 Å². The zero-order valence-corrected chi connectivity index (χ0v) is 12.5. The van der Waals surface area contributed by atoms with Crippen molar-refractivity contribution < 1.29 is 18.7 Å². The maximum absolute atomic E-state index is 13.0. The summed E-state index contributed by atoms with van der Waals surface area (Å²) in [6, 6.07) is 10.7. The van der Waals surface area contributed by atoms with E-state index in [0.717, 1.165) is 23.3 Å². The topological polar surface area (TPSA) is 49.3 Å². The van der Waals surface area contributed by atoms with Gasteiger partial charge in [-0.2, -0.15) is 0 Å². The van der Waals surface area contributed by atoms with Gasteiger partial charge in [-0.3, -0.25) is 4.79 Å². The van der Waals surface area contributed by atoms with E-state index in [1.54, 1.807) is 0 Å². The Balaban J connectivity index is 1.78. The summed E-state index contributed by atoms with van der Waals surface area (Å²) in [6.45, 7) is 0.00403. The fourth-order valence-electron chi connectivity index (χ4n) is 1.77. The van der Waals surface area contributed by atoms with Gasteiger partial charge < -0.3 is 10.4 Å². The minimum atomic E-state index is -0.991. The van der Waals surface area contributed by atoms with Crippen LogP contribution in [-0.2, 0) is 17.2 Å². The lowest BCUT2D eigenvalue weighted by atomic mass is 10.2. The standard InChI is InChI=1S/C16H15F2NO2S/c17-14-6-5-13(7-15(14)18)19-16(21)10-22-9-12-3-1-11(8-20)2-4-12/h1-7,20H,8-10H2,(H,19,21). The minimum absolute atomic E-state index is 0.00403. The van der Waals surface area contributed by atoms with Crippen LogP contribution in [-0.4, -0.2) is 16.8 Å². The Morgan fingerprint density at radius 1 is 1.05 bits per heavy atom. The average molecular weight is 323 g/mol. The average Bonchev–Trinajstić information content (AvgIpc) is 2.51. The van der Waals surface area contributed by atoms with Gasteiger partial charge in [-0.25, -0.2) is 8.78 Å². The molecule has 0 radical (unpaired) electrons. The molecule has 0 aliphatic carbocycles. The molecule has 0 aromatic heterocycles. The number of aliphatic hydroxyl groups excluding tert-OH is 1. The lowest BCUT2D eigenvalue weighted by molar-refractivity contribution is -0.113. The predicted molar refractivity (Wildman–Crippen MR) is 83.5 cm³/mol. The van der Waals surface area contributed by atoms with Gasteiger partial charge in [-0.1, -0.05) is 24.3 Å². The molecule has 2 N–H and O–H groups in total. The molecule has 0 heterocycles. The highest BCUT2D eigenvalue weighted by Crippen LogP contribution is 2.16. The molecule has 0 aliphatic heterocycles. The molecule has 0 fully saturated rings. The number of hydrogen-bond acceptors (Lipinski definition) is 3. The van der Waals surface area contributed by atoms with Crippen LogP contribution < -0.4 is 5.32 Å². The van der Waals surface area contributed by atoms with Gasteiger partial charge in [-0.15, -0.1) is 11.8 Å². The number of aliphatic hydroxyl groups is 1. The lowest BCUT2D eigenvalue weighted by Crippen LogP contribution is -2.14. The molecule has 2 rings (SSSR count). The molecular formula is C16H15F2NO2S. The molecule has 0 spiro atoms. The van der Waals surface area contributed by atoms with Crippen LogP contribution in [0.4, 0.5) is 14.5 Å². The van der Waals surface area contributed by atoms with E-state index >= 15 is 0 Å². The van der Waals surface area contributed by atoms with E-state index in [1.807, 2.05) is 24.3 Å². The van der Waals surface area contributed by atoms with Crippen LogP contribution in [0.2, 0.25) is 0 Å². The van der Waals surface area contributed by atoms with Crippen molar-refractivity contribution in [2.75, 3.05) is 11.1 Å². The van der Waals surface area contributed by atoms with Crippen LogP contribution >= 0.6 is 11.8 Å². The number of benzene rings is 2. The molecule has 0 atom stereocenters. The highest BCUT2D eigenvalue weighted by molar-refractivity contribution is 7.99.